The van der Waals surface area contributed by atoms with Crippen LogP contribution in [0.25, 0.3) is 0 Å². The molecule has 0 spiro atoms. The first-order valence-electron chi connectivity index (χ1n) is 15.8. The van der Waals surface area contributed by atoms with E-state index < -0.39 is 6.36 Å². The monoisotopic (exact) mass is 651 g/mol. The van der Waals surface area contributed by atoms with Crippen LogP contribution in [0.4, 0.5) is 13.2 Å². The van der Waals surface area contributed by atoms with Gasteiger partial charge in [-0.2, -0.15) is 0 Å². The van der Waals surface area contributed by atoms with E-state index in [2.05, 4.69) is 28.5 Å². The third-order valence-electron chi connectivity index (χ3n) is 9.36. The van der Waals surface area contributed by atoms with Gasteiger partial charge in [-0.3, -0.25) is 24.3 Å². The first-order valence-corrected chi connectivity index (χ1v) is 15.8. The number of methoxy groups -OCH3 is 1. The van der Waals surface area contributed by atoms with Crippen molar-refractivity contribution in [3.8, 4) is 11.5 Å². The molecule has 0 aliphatic carbocycles. The summed E-state index contributed by atoms with van der Waals surface area (Å²) in [5, 5.41) is 0. The van der Waals surface area contributed by atoms with Crippen LogP contribution < -0.4 is 9.47 Å². The summed E-state index contributed by atoms with van der Waals surface area (Å²) in [7, 11) is 1.58. The molecule has 0 bridgehead atoms. The van der Waals surface area contributed by atoms with E-state index in [9.17, 15) is 27.6 Å². The van der Waals surface area contributed by atoms with Crippen molar-refractivity contribution in [2.45, 2.75) is 52.4 Å². The van der Waals surface area contributed by atoms with Gasteiger partial charge in [-0.1, -0.05) is 26.0 Å². The van der Waals surface area contributed by atoms with Gasteiger partial charge < -0.3 is 14.4 Å². The molecule has 2 aliphatic rings. The van der Waals surface area contributed by atoms with E-state index in [1.807, 2.05) is 0 Å². The number of amides is 1. The minimum Gasteiger partial charge on any atom is -0.497 e. The molecule has 47 heavy (non-hydrogen) atoms. The second-order valence-electron chi connectivity index (χ2n) is 13.1. The number of nitrogens with zero attached hydrogens (tertiary/aromatic N) is 3. The highest BCUT2D eigenvalue weighted by Gasteiger charge is 2.37. The van der Waals surface area contributed by atoms with Crippen molar-refractivity contribution in [1.29, 1.82) is 0 Å². The third kappa shape index (κ3) is 8.77. The number of Topliss-reactive ketones (excluding diaryl/α,β-unsaturated/α-hetero) is 2. The predicted molar refractivity (Wildman–Crippen MR) is 169 cm³/mol. The summed E-state index contributed by atoms with van der Waals surface area (Å²) in [4.78, 5) is 47.7. The van der Waals surface area contributed by atoms with Crippen LogP contribution in [0.1, 0.15) is 76.3 Å². The van der Waals surface area contributed by atoms with E-state index >= 15 is 0 Å². The normalized spacial score (nSPS) is 18.9. The Balaban J connectivity index is 1.09. The van der Waals surface area contributed by atoms with Gasteiger partial charge in [0.15, 0.2) is 11.6 Å². The number of carbonyl (C=O) groups excluding carboxylic acids is 3. The highest BCUT2D eigenvalue weighted by Crippen LogP contribution is 2.38. The van der Waals surface area contributed by atoms with Crippen molar-refractivity contribution in [2.24, 2.45) is 17.3 Å². The molecule has 0 radical (unpaired) electrons. The average Bonchev–Trinajstić information content (AvgIpc) is 3.05. The minimum absolute atomic E-state index is 0.0267. The highest BCUT2D eigenvalue weighted by molar-refractivity contribution is 5.99. The maximum Gasteiger partial charge on any atom is 0.573 e. The topological polar surface area (TPSA) is 89.0 Å². The summed E-state index contributed by atoms with van der Waals surface area (Å²) < 4.78 is 46.5. The number of pyridine rings is 1. The number of rotatable bonds is 10. The standard InChI is InChI=1S/C36H40F3N3O5/c1-35(2)23-41(22-24-4-9-30(10-5-24)47-36(37,38)39)17-16-28(35)20-32(43)27-8-13-31(40-21-27)34(45)42-18-14-26(15-19-42)33(44)25-6-11-29(46-3)12-7-25/h4-13,21,26,28H,14-20,22-23H2,1-3H3. The summed E-state index contributed by atoms with van der Waals surface area (Å²) in [6.07, 6.45) is -0.940. The number of halogens is 3. The van der Waals surface area contributed by atoms with Crippen LogP contribution in [-0.4, -0.2) is 71.9 Å². The number of hydrogen-bond donors (Lipinski definition) is 0. The number of alkyl halides is 3. The van der Waals surface area contributed by atoms with Gasteiger partial charge in [0.25, 0.3) is 5.91 Å². The molecule has 3 aromatic rings. The fraction of sp³-hybridized carbons (Fsp3) is 0.444. The fourth-order valence-electron chi connectivity index (χ4n) is 6.61. The zero-order valence-electron chi connectivity index (χ0n) is 26.9. The Morgan fingerprint density at radius 2 is 1.51 bits per heavy atom. The molecule has 1 aromatic heterocycles. The molecule has 1 atom stereocenters. The van der Waals surface area contributed by atoms with E-state index in [-0.39, 0.29) is 46.2 Å². The lowest BCUT2D eigenvalue weighted by atomic mass is 9.71. The quantitative estimate of drug-likeness (QED) is 0.222. The summed E-state index contributed by atoms with van der Waals surface area (Å²) in [5.41, 5.74) is 2.09. The molecule has 1 unspecified atom stereocenters. The Morgan fingerprint density at radius 3 is 2.09 bits per heavy atom. The summed E-state index contributed by atoms with van der Waals surface area (Å²) in [6.45, 7) is 7.26. The molecular formula is C36H40F3N3O5. The van der Waals surface area contributed by atoms with E-state index in [1.165, 1.54) is 18.3 Å². The number of ketones is 2. The van der Waals surface area contributed by atoms with Crippen LogP contribution in [-0.2, 0) is 6.54 Å². The number of piperidine rings is 2. The molecule has 2 saturated heterocycles. The van der Waals surface area contributed by atoms with Crippen molar-refractivity contribution < 1.29 is 37.0 Å². The third-order valence-corrected chi connectivity index (χ3v) is 9.36. The second-order valence-corrected chi connectivity index (χ2v) is 13.1. The number of likely N-dealkylation sites (tertiary alicyclic amines) is 2. The van der Waals surface area contributed by atoms with Crippen molar-refractivity contribution >= 4 is 17.5 Å². The lowest BCUT2D eigenvalue weighted by Crippen LogP contribution is -2.45. The van der Waals surface area contributed by atoms with Crippen LogP contribution in [0.3, 0.4) is 0 Å². The molecule has 2 aliphatic heterocycles. The van der Waals surface area contributed by atoms with Crippen molar-refractivity contribution in [2.75, 3.05) is 33.3 Å². The zero-order valence-corrected chi connectivity index (χ0v) is 26.9. The predicted octanol–water partition coefficient (Wildman–Crippen LogP) is 6.85. The zero-order chi connectivity index (χ0) is 33.8. The van der Waals surface area contributed by atoms with Crippen LogP contribution in [0.2, 0.25) is 0 Å². The van der Waals surface area contributed by atoms with E-state index in [1.54, 1.807) is 60.5 Å². The SMILES string of the molecule is COc1ccc(C(=O)C2CCN(C(=O)c3ccc(C(=O)CC4CCN(Cc5ccc(OC(F)(F)F)cc5)CC4(C)C)cn3)CC2)cc1. The van der Waals surface area contributed by atoms with Gasteiger partial charge in [0.2, 0.25) is 0 Å². The van der Waals surface area contributed by atoms with Gasteiger partial charge in [0, 0.05) is 55.8 Å². The van der Waals surface area contributed by atoms with Crippen LogP contribution in [0.15, 0.2) is 66.9 Å². The van der Waals surface area contributed by atoms with Gasteiger partial charge in [0.1, 0.15) is 17.2 Å². The minimum atomic E-state index is -4.72. The maximum absolute atomic E-state index is 13.3. The van der Waals surface area contributed by atoms with Gasteiger partial charge in [-0.15, -0.1) is 13.2 Å². The Bertz CT molecular complexity index is 1550. The molecule has 3 heterocycles. The number of hydrogen-bond acceptors (Lipinski definition) is 7. The lowest BCUT2D eigenvalue weighted by Gasteiger charge is -2.44. The largest absolute Gasteiger partial charge is 0.573 e. The van der Waals surface area contributed by atoms with Crippen LogP contribution in [0, 0.1) is 17.3 Å². The van der Waals surface area contributed by atoms with Gasteiger partial charge >= 0.3 is 6.36 Å². The molecule has 0 N–H and O–H groups in total. The maximum atomic E-state index is 13.3. The molecule has 1 amide bonds. The molecular weight excluding hydrogens is 611 g/mol. The summed E-state index contributed by atoms with van der Waals surface area (Å²) in [6, 6.07) is 16.2. The Hall–Kier alpha value is -4.25. The number of benzene rings is 2. The molecule has 2 fully saturated rings. The van der Waals surface area contributed by atoms with Crippen LogP contribution >= 0.6 is 0 Å². The molecule has 2 aromatic carbocycles. The number of ether oxygens (including phenoxy) is 2. The first-order chi connectivity index (χ1) is 22.3. The van der Waals surface area contributed by atoms with Crippen LogP contribution in [0.5, 0.6) is 11.5 Å². The average molecular weight is 652 g/mol. The highest BCUT2D eigenvalue weighted by atomic mass is 19.4. The second kappa shape index (κ2) is 14.3. The fourth-order valence-corrected chi connectivity index (χ4v) is 6.61. The van der Waals surface area contributed by atoms with E-state index in [0.717, 1.165) is 25.1 Å². The Kier molecular flexibility index (Phi) is 10.3. The first kappa shape index (κ1) is 34.1. The molecule has 0 saturated carbocycles. The van der Waals surface area contributed by atoms with E-state index in [4.69, 9.17) is 4.74 Å². The van der Waals surface area contributed by atoms with E-state index in [0.29, 0.717) is 55.8 Å². The smallest absolute Gasteiger partial charge is 0.497 e. The Labute approximate surface area is 272 Å². The number of carbonyl (C=O) groups is 3. The van der Waals surface area contributed by atoms with Gasteiger partial charge in [0.05, 0.1) is 7.11 Å². The number of aromatic nitrogens is 1. The molecule has 250 valence electrons. The molecule has 5 rings (SSSR count). The van der Waals surface area contributed by atoms with Crippen molar-refractivity contribution in [3.63, 3.8) is 0 Å². The van der Waals surface area contributed by atoms with Gasteiger partial charge in [-0.25, -0.2) is 0 Å². The van der Waals surface area contributed by atoms with Crippen molar-refractivity contribution in [3.05, 3.63) is 89.2 Å². The molecule has 11 heteroatoms. The summed E-state index contributed by atoms with van der Waals surface area (Å²) in [5.74, 6) is 0.267. The summed E-state index contributed by atoms with van der Waals surface area (Å²) >= 11 is 0. The van der Waals surface area contributed by atoms with Gasteiger partial charge in [-0.05, 0) is 91.2 Å². The molecule has 8 nitrogen and oxygen atoms in total. The Morgan fingerprint density at radius 1 is 0.872 bits per heavy atom. The lowest BCUT2D eigenvalue weighted by molar-refractivity contribution is -0.274. The van der Waals surface area contributed by atoms with Crippen molar-refractivity contribution in [1.82, 2.24) is 14.8 Å².